The van der Waals surface area contributed by atoms with Crippen LogP contribution in [0.3, 0.4) is 0 Å². The topological polar surface area (TPSA) is 63.1 Å². The van der Waals surface area contributed by atoms with Crippen molar-refractivity contribution in [3.05, 3.63) is 42.5 Å². The third-order valence-electron chi connectivity index (χ3n) is 3.87. The lowest BCUT2D eigenvalue weighted by Gasteiger charge is -2.17. The van der Waals surface area contributed by atoms with Crippen LogP contribution in [-0.2, 0) is 13.5 Å². The van der Waals surface area contributed by atoms with Crippen molar-refractivity contribution >= 4 is 11.7 Å². The average Bonchev–Trinajstić information content (AvgIpc) is 3.11. The first-order valence-corrected chi connectivity index (χ1v) is 7.16. The molecular weight excluding hydrogens is 266 g/mol. The number of carbonyl (C=O) groups excluding carboxylic acids is 1. The van der Waals surface area contributed by atoms with Crippen LogP contribution in [0.1, 0.15) is 12.2 Å². The number of aromatic nitrogens is 3. The Labute approximate surface area is 123 Å². The minimum Gasteiger partial charge on any atom is -0.324 e. The average molecular weight is 285 g/mol. The van der Waals surface area contributed by atoms with Gasteiger partial charge in [0.2, 0.25) is 0 Å². The van der Waals surface area contributed by atoms with E-state index < -0.39 is 0 Å². The van der Waals surface area contributed by atoms with Gasteiger partial charge in [0, 0.05) is 32.2 Å². The van der Waals surface area contributed by atoms with Gasteiger partial charge in [0.25, 0.3) is 0 Å². The van der Waals surface area contributed by atoms with Crippen molar-refractivity contribution < 1.29 is 4.79 Å². The molecule has 0 spiro atoms. The molecule has 0 saturated carbocycles. The first-order chi connectivity index (χ1) is 10.2. The van der Waals surface area contributed by atoms with Crippen LogP contribution in [0.5, 0.6) is 0 Å². The van der Waals surface area contributed by atoms with Crippen LogP contribution >= 0.6 is 0 Å². The van der Waals surface area contributed by atoms with Crippen LogP contribution in [0, 0.1) is 5.92 Å². The van der Waals surface area contributed by atoms with Gasteiger partial charge in [-0.3, -0.25) is 0 Å². The zero-order chi connectivity index (χ0) is 14.7. The number of hydrogen-bond donors (Lipinski definition) is 1. The van der Waals surface area contributed by atoms with E-state index in [1.165, 1.54) is 0 Å². The highest BCUT2D eigenvalue weighted by Gasteiger charge is 2.27. The summed E-state index contributed by atoms with van der Waals surface area (Å²) in [4.78, 5) is 14.1. The summed E-state index contributed by atoms with van der Waals surface area (Å²) in [5.41, 5.74) is 0.833. The minimum absolute atomic E-state index is 0.0262. The fourth-order valence-corrected chi connectivity index (χ4v) is 2.66. The highest BCUT2D eigenvalue weighted by molar-refractivity contribution is 5.89. The van der Waals surface area contributed by atoms with Crippen LogP contribution < -0.4 is 5.32 Å². The molecule has 1 fully saturated rings. The van der Waals surface area contributed by atoms with E-state index in [0.29, 0.717) is 5.92 Å². The van der Waals surface area contributed by atoms with Crippen molar-refractivity contribution in [2.24, 2.45) is 13.0 Å². The van der Waals surface area contributed by atoms with Gasteiger partial charge in [-0.2, -0.15) is 0 Å². The molecule has 1 aliphatic heterocycles. The highest BCUT2D eigenvalue weighted by atomic mass is 16.2. The smallest absolute Gasteiger partial charge is 0.321 e. The Morgan fingerprint density at radius 3 is 2.90 bits per heavy atom. The predicted molar refractivity (Wildman–Crippen MR) is 79.8 cm³/mol. The summed E-state index contributed by atoms with van der Waals surface area (Å²) in [5.74, 6) is 1.43. The van der Waals surface area contributed by atoms with Crippen LogP contribution in [0.25, 0.3) is 0 Å². The van der Waals surface area contributed by atoms with E-state index in [1.54, 1.807) is 6.33 Å². The molecule has 6 heteroatoms. The number of para-hydroxylation sites is 1. The lowest BCUT2D eigenvalue weighted by Crippen LogP contribution is -2.33. The molecule has 0 radical (unpaired) electrons. The van der Waals surface area contributed by atoms with Gasteiger partial charge in [-0.05, 0) is 24.5 Å². The van der Waals surface area contributed by atoms with Gasteiger partial charge in [0.05, 0.1) is 0 Å². The third kappa shape index (κ3) is 3.21. The molecule has 1 saturated heterocycles. The largest absolute Gasteiger partial charge is 0.324 e. The maximum atomic E-state index is 12.2. The SMILES string of the molecule is Cn1cnnc1CC1CCN(C(=O)Nc2ccccc2)C1. The van der Waals surface area contributed by atoms with Crippen molar-refractivity contribution in [2.45, 2.75) is 12.8 Å². The number of nitrogens with zero attached hydrogens (tertiary/aromatic N) is 4. The number of aryl methyl sites for hydroxylation is 1. The quantitative estimate of drug-likeness (QED) is 0.937. The van der Waals surface area contributed by atoms with E-state index in [4.69, 9.17) is 0 Å². The normalized spacial score (nSPS) is 18.0. The molecule has 2 aromatic rings. The van der Waals surface area contributed by atoms with Gasteiger partial charge in [0.1, 0.15) is 12.2 Å². The maximum absolute atomic E-state index is 12.2. The van der Waals surface area contributed by atoms with E-state index in [2.05, 4.69) is 15.5 Å². The van der Waals surface area contributed by atoms with Gasteiger partial charge in [-0.1, -0.05) is 18.2 Å². The Bertz CT molecular complexity index is 610. The fraction of sp³-hybridized carbons (Fsp3) is 0.400. The molecule has 1 aliphatic rings. The van der Waals surface area contributed by atoms with Crippen molar-refractivity contribution in [1.29, 1.82) is 0 Å². The van der Waals surface area contributed by atoms with Crippen molar-refractivity contribution in [2.75, 3.05) is 18.4 Å². The Hall–Kier alpha value is -2.37. The molecule has 110 valence electrons. The third-order valence-corrected chi connectivity index (χ3v) is 3.87. The van der Waals surface area contributed by atoms with Crippen LogP contribution in [-0.4, -0.2) is 38.8 Å². The number of anilines is 1. The lowest BCUT2D eigenvalue weighted by molar-refractivity contribution is 0.220. The van der Waals surface area contributed by atoms with Crippen LogP contribution in [0.15, 0.2) is 36.7 Å². The zero-order valence-electron chi connectivity index (χ0n) is 12.1. The van der Waals surface area contributed by atoms with Crippen molar-refractivity contribution in [3.8, 4) is 0 Å². The van der Waals surface area contributed by atoms with Crippen LogP contribution in [0.2, 0.25) is 0 Å². The number of urea groups is 1. The maximum Gasteiger partial charge on any atom is 0.321 e. The molecule has 1 aromatic heterocycles. The predicted octanol–water partition coefficient (Wildman–Crippen LogP) is 1.91. The monoisotopic (exact) mass is 285 g/mol. The molecule has 2 heterocycles. The van der Waals surface area contributed by atoms with E-state index in [-0.39, 0.29) is 6.03 Å². The summed E-state index contributed by atoms with van der Waals surface area (Å²) in [6.07, 6.45) is 3.59. The van der Waals surface area contributed by atoms with Crippen molar-refractivity contribution in [3.63, 3.8) is 0 Å². The van der Waals surface area contributed by atoms with E-state index in [0.717, 1.165) is 37.4 Å². The number of amides is 2. The van der Waals surface area contributed by atoms with Crippen LogP contribution in [0.4, 0.5) is 10.5 Å². The highest BCUT2D eigenvalue weighted by Crippen LogP contribution is 2.20. The standard InChI is InChI=1S/C15H19N5O/c1-19-11-16-18-14(19)9-12-7-8-20(10-12)15(21)17-13-5-3-2-4-6-13/h2-6,11-12H,7-10H2,1H3,(H,17,21). The van der Waals surface area contributed by atoms with E-state index in [1.807, 2.05) is 46.8 Å². The molecule has 6 nitrogen and oxygen atoms in total. The first-order valence-electron chi connectivity index (χ1n) is 7.16. The lowest BCUT2D eigenvalue weighted by atomic mass is 10.0. The second-order valence-electron chi connectivity index (χ2n) is 5.46. The van der Waals surface area contributed by atoms with Gasteiger partial charge in [-0.25, -0.2) is 4.79 Å². The molecule has 1 aromatic carbocycles. The van der Waals surface area contributed by atoms with Gasteiger partial charge in [-0.15, -0.1) is 10.2 Å². The molecule has 1 unspecified atom stereocenters. The summed E-state index contributed by atoms with van der Waals surface area (Å²) in [6, 6.07) is 9.52. The first kappa shape index (κ1) is 13.6. The summed E-state index contributed by atoms with van der Waals surface area (Å²) >= 11 is 0. The number of likely N-dealkylation sites (tertiary alicyclic amines) is 1. The molecule has 1 atom stereocenters. The summed E-state index contributed by atoms with van der Waals surface area (Å²) in [7, 11) is 1.95. The molecular formula is C15H19N5O. The van der Waals surface area contributed by atoms with E-state index in [9.17, 15) is 4.79 Å². The second kappa shape index (κ2) is 5.95. The minimum atomic E-state index is -0.0262. The zero-order valence-corrected chi connectivity index (χ0v) is 12.1. The second-order valence-corrected chi connectivity index (χ2v) is 5.46. The fourth-order valence-electron chi connectivity index (χ4n) is 2.66. The molecule has 0 bridgehead atoms. The number of hydrogen-bond acceptors (Lipinski definition) is 3. The molecule has 0 aliphatic carbocycles. The van der Waals surface area contributed by atoms with Gasteiger partial charge >= 0.3 is 6.03 Å². The van der Waals surface area contributed by atoms with Gasteiger partial charge < -0.3 is 14.8 Å². The number of nitrogens with one attached hydrogen (secondary N) is 1. The van der Waals surface area contributed by atoms with E-state index >= 15 is 0 Å². The molecule has 2 amide bonds. The Kier molecular flexibility index (Phi) is 3.85. The number of rotatable bonds is 3. The Morgan fingerprint density at radius 1 is 1.38 bits per heavy atom. The number of carbonyl (C=O) groups is 1. The number of benzene rings is 1. The van der Waals surface area contributed by atoms with Crippen molar-refractivity contribution in [1.82, 2.24) is 19.7 Å². The molecule has 21 heavy (non-hydrogen) atoms. The summed E-state index contributed by atoms with van der Waals surface area (Å²) in [5, 5.41) is 10.9. The van der Waals surface area contributed by atoms with Gasteiger partial charge in [0.15, 0.2) is 0 Å². The molecule has 1 N–H and O–H groups in total. The Balaban J connectivity index is 1.54. The molecule has 3 rings (SSSR count). The summed E-state index contributed by atoms with van der Waals surface area (Å²) in [6.45, 7) is 1.56. The Morgan fingerprint density at radius 2 is 2.19 bits per heavy atom. The summed E-state index contributed by atoms with van der Waals surface area (Å²) < 4.78 is 1.94.